The highest BCUT2D eigenvalue weighted by Crippen LogP contribution is 2.25. The average Bonchev–Trinajstić information content (AvgIpc) is 2.67. The predicted molar refractivity (Wildman–Crippen MR) is 98.6 cm³/mol. The minimum atomic E-state index is -3.75. The number of rotatable bonds is 5. The van der Waals surface area contributed by atoms with E-state index in [2.05, 4.69) is 0 Å². The average molecular weight is 431 g/mol. The second-order valence-corrected chi connectivity index (χ2v) is 8.45. The van der Waals surface area contributed by atoms with Crippen LogP contribution < -0.4 is 4.74 Å². The van der Waals surface area contributed by atoms with Gasteiger partial charge in [0.25, 0.3) is 5.91 Å². The van der Waals surface area contributed by atoms with Crippen LogP contribution in [0.5, 0.6) is 5.75 Å². The second kappa shape index (κ2) is 8.42. The number of sulfonamides is 1. The summed E-state index contributed by atoms with van der Waals surface area (Å²) in [5.74, 6) is -1.18. The first-order chi connectivity index (χ1) is 13.3. The third-order valence-electron chi connectivity index (χ3n) is 4.29. The summed E-state index contributed by atoms with van der Waals surface area (Å²) < 4.78 is 57.8. The van der Waals surface area contributed by atoms with Gasteiger partial charge in [0.15, 0.2) is 6.61 Å². The van der Waals surface area contributed by atoms with Gasteiger partial charge in [-0.05, 0) is 42.5 Å². The first kappa shape index (κ1) is 20.5. The molecule has 2 aromatic rings. The van der Waals surface area contributed by atoms with Crippen LogP contribution in [0.1, 0.15) is 0 Å². The molecule has 0 saturated carbocycles. The molecule has 0 radical (unpaired) electrons. The fraction of sp³-hybridized carbons (Fsp3) is 0.278. The highest BCUT2D eigenvalue weighted by atomic mass is 35.5. The van der Waals surface area contributed by atoms with Crippen molar-refractivity contribution in [3.8, 4) is 5.75 Å². The lowest BCUT2D eigenvalue weighted by molar-refractivity contribution is -0.134. The van der Waals surface area contributed by atoms with Crippen molar-refractivity contribution in [3.63, 3.8) is 0 Å². The Kier molecular flexibility index (Phi) is 6.17. The van der Waals surface area contributed by atoms with Crippen molar-refractivity contribution >= 4 is 27.5 Å². The summed E-state index contributed by atoms with van der Waals surface area (Å²) in [7, 11) is -3.75. The fourth-order valence-electron chi connectivity index (χ4n) is 2.76. The van der Waals surface area contributed by atoms with E-state index in [1.54, 1.807) is 0 Å². The van der Waals surface area contributed by atoms with E-state index in [1.165, 1.54) is 33.5 Å². The number of piperazine rings is 1. The molecule has 28 heavy (non-hydrogen) atoms. The predicted octanol–water partition coefficient (Wildman–Crippen LogP) is 2.53. The van der Waals surface area contributed by atoms with Gasteiger partial charge in [0, 0.05) is 26.2 Å². The number of hydrogen-bond acceptors (Lipinski definition) is 4. The Morgan fingerprint density at radius 1 is 1.00 bits per heavy atom. The van der Waals surface area contributed by atoms with E-state index in [1.807, 2.05) is 0 Å². The van der Waals surface area contributed by atoms with Crippen LogP contribution in [-0.2, 0) is 14.8 Å². The molecular formula is C18H17ClF2N2O4S. The summed E-state index contributed by atoms with van der Waals surface area (Å²) in [4.78, 5) is 13.8. The molecule has 1 fully saturated rings. The van der Waals surface area contributed by atoms with Gasteiger partial charge in [-0.25, -0.2) is 17.2 Å². The number of benzene rings is 2. The molecule has 2 aromatic carbocycles. The minimum absolute atomic E-state index is 0.00274. The molecule has 6 nitrogen and oxygen atoms in total. The molecule has 0 unspecified atom stereocenters. The Morgan fingerprint density at radius 3 is 2.21 bits per heavy atom. The molecule has 0 bridgehead atoms. The van der Waals surface area contributed by atoms with Gasteiger partial charge in [0.2, 0.25) is 10.0 Å². The first-order valence-corrected chi connectivity index (χ1v) is 10.2. The van der Waals surface area contributed by atoms with Crippen LogP contribution in [0.15, 0.2) is 47.4 Å². The van der Waals surface area contributed by atoms with E-state index >= 15 is 0 Å². The van der Waals surface area contributed by atoms with Crippen molar-refractivity contribution in [2.45, 2.75) is 4.90 Å². The topological polar surface area (TPSA) is 66.9 Å². The normalized spacial score (nSPS) is 15.5. The van der Waals surface area contributed by atoms with E-state index in [4.69, 9.17) is 16.3 Å². The zero-order valence-corrected chi connectivity index (χ0v) is 16.2. The lowest BCUT2D eigenvalue weighted by Crippen LogP contribution is -2.51. The Balaban J connectivity index is 1.55. The number of ether oxygens (including phenoxy) is 1. The number of carbonyl (C=O) groups is 1. The molecule has 0 N–H and O–H groups in total. The van der Waals surface area contributed by atoms with Crippen molar-refractivity contribution in [2.24, 2.45) is 0 Å². The molecule has 1 saturated heterocycles. The van der Waals surface area contributed by atoms with Gasteiger partial charge in [-0.15, -0.1) is 0 Å². The lowest BCUT2D eigenvalue weighted by Gasteiger charge is -2.34. The molecule has 10 heteroatoms. The SMILES string of the molecule is O=C(COc1ccc(F)cc1Cl)N1CCN(S(=O)(=O)c2ccc(F)cc2)CC1. The second-order valence-electron chi connectivity index (χ2n) is 6.10. The molecule has 0 aromatic heterocycles. The van der Waals surface area contributed by atoms with Crippen LogP contribution in [-0.4, -0.2) is 56.3 Å². The zero-order chi connectivity index (χ0) is 20.3. The van der Waals surface area contributed by atoms with Gasteiger partial charge in [0.05, 0.1) is 9.92 Å². The molecule has 1 aliphatic rings. The number of nitrogens with zero attached hydrogens (tertiary/aromatic N) is 2. The quantitative estimate of drug-likeness (QED) is 0.731. The van der Waals surface area contributed by atoms with Crippen molar-refractivity contribution < 1.29 is 26.7 Å². The third kappa shape index (κ3) is 4.60. The van der Waals surface area contributed by atoms with Gasteiger partial charge in [-0.2, -0.15) is 4.31 Å². The summed E-state index contributed by atoms with van der Waals surface area (Å²) in [6.07, 6.45) is 0. The van der Waals surface area contributed by atoms with E-state index in [-0.39, 0.29) is 54.4 Å². The molecule has 1 amide bonds. The minimum Gasteiger partial charge on any atom is -0.482 e. The van der Waals surface area contributed by atoms with Crippen molar-refractivity contribution in [2.75, 3.05) is 32.8 Å². The summed E-state index contributed by atoms with van der Waals surface area (Å²) in [6.45, 7) is 0.321. The Morgan fingerprint density at radius 2 is 1.61 bits per heavy atom. The highest BCUT2D eigenvalue weighted by Gasteiger charge is 2.30. The van der Waals surface area contributed by atoms with Crippen LogP contribution in [0, 0.1) is 11.6 Å². The molecule has 3 rings (SSSR count). The van der Waals surface area contributed by atoms with Crippen LogP contribution in [0.2, 0.25) is 5.02 Å². The third-order valence-corrected chi connectivity index (χ3v) is 6.50. The molecular weight excluding hydrogens is 414 g/mol. The molecule has 0 spiro atoms. The zero-order valence-electron chi connectivity index (χ0n) is 14.6. The van der Waals surface area contributed by atoms with Gasteiger partial charge in [0.1, 0.15) is 17.4 Å². The highest BCUT2D eigenvalue weighted by molar-refractivity contribution is 7.89. The summed E-state index contributed by atoms with van der Waals surface area (Å²) in [6, 6.07) is 8.18. The van der Waals surface area contributed by atoms with Crippen LogP contribution >= 0.6 is 11.6 Å². The number of hydrogen-bond donors (Lipinski definition) is 0. The Hall–Kier alpha value is -2.23. The van der Waals surface area contributed by atoms with Crippen molar-refractivity contribution in [3.05, 3.63) is 59.1 Å². The monoisotopic (exact) mass is 430 g/mol. The number of carbonyl (C=O) groups excluding carboxylic acids is 1. The summed E-state index contributed by atoms with van der Waals surface area (Å²) in [5, 5.41) is 0.0583. The van der Waals surface area contributed by atoms with E-state index in [9.17, 15) is 22.0 Å². The standard InChI is InChI=1S/C18H17ClF2N2O4S/c19-16-11-14(21)3-6-17(16)27-12-18(24)22-7-9-23(10-8-22)28(25,26)15-4-1-13(20)2-5-15/h1-6,11H,7-10,12H2. The number of amides is 1. The number of halogens is 3. The Labute approximate surface area is 166 Å². The van der Waals surface area contributed by atoms with Crippen molar-refractivity contribution in [1.82, 2.24) is 9.21 Å². The van der Waals surface area contributed by atoms with Crippen LogP contribution in [0.3, 0.4) is 0 Å². The van der Waals surface area contributed by atoms with E-state index in [0.29, 0.717) is 0 Å². The van der Waals surface area contributed by atoms with E-state index < -0.39 is 21.7 Å². The molecule has 0 atom stereocenters. The maximum Gasteiger partial charge on any atom is 0.260 e. The largest absolute Gasteiger partial charge is 0.482 e. The lowest BCUT2D eigenvalue weighted by atomic mass is 10.3. The van der Waals surface area contributed by atoms with Crippen molar-refractivity contribution in [1.29, 1.82) is 0 Å². The molecule has 1 aliphatic heterocycles. The van der Waals surface area contributed by atoms with Gasteiger partial charge in [-0.1, -0.05) is 11.6 Å². The van der Waals surface area contributed by atoms with Gasteiger partial charge in [-0.3, -0.25) is 4.79 Å². The smallest absolute Gasteiger partial charge is 0.260 e. The van der Waals surface area contributed by atoms with E-state index in [0.717, 1.165) is 18.2 Å². The van der Waals surface area contributed by atoms with Gasteiger partial charge < -0.3 is 9.64 Å². The first-order valence-electron chi connectivity index (χ1n) is 8.39. The fourth-order valence-corrected chi connectivity index (χ4v) is 4.40. The molecule has 150 valence electrons. The van der Waals surface area contributed by atoms with Crippen LogP contribution in [0.4, 0.5) is 8.78 Å². The summed E-state index contributed by atoms with van der Waals surface area (Å²) in [5.41, 5.74) is 0. The summed E-state index contributed by atoms with van der Waals surface area (Å²) >= 11 is 5.85. The molecule has 0 aliphatic carbocycles. The molecule has 1 heterocycles. The maximum atomic E-state index is 13.0. The Bertz CT molecular complexity index is 962. The van der Waals surface area contributed by atoms with Crippen LogP contribution in [0.25, 0.3) is 0 Å². The maximum absolute atomic E-state index is 13.0. The van der Waals surface area contributed by atoms with Gasteiger partial charge >= 0.3 is 0 Å².